The summed E-state index contributed by atoms with van der Waals surface area (Å²) in [5.41, 5.74) is 5.81. The van der Waals surface area contributed by atoms with Crippen LogP contribution in [0.5, 0.6) is 0 Å². The predicted octanol–water partition coefficient (Wildman–Crippen LogP) is 1.20. The molecule has 0 saturated carbocycles. The number of likely N-dealkylation sites (tertiary alicyclic amines) is 2. The van der Waals surface area contributed by atoms with Crippen molar-refractivity contribution in [2.45, 2.75) is 51.0 Å². The quantitative estimate of drug-likeness (QED) is 0.822. The summed E-state index contributed by atoms with van der Waals surface area (Å²) < 4.78 is 0. The van der Waals surface area contributed by atoms with E-state index < -0.39 is 0 Å². The van der Waals surface area contributed by atoms with Crippen LogP contribution in [0.15, 0.2) is 0 Å². The molecule has 0 bridgehead atoms. The normalized spacial score (nSPS) is 26.9. The highest BCUT2D eigenvalue weighted by atomic mass is 16.2. The zero-order valence-corrected chi connectivity index (χ0v) is 11.4. The van der Waals surface area contributed by atoms with Gasteiger partial charge in [-0.3, -0.25) is 9.69 Å². The second-order valence-electron chi connectivity index (χ2n) is 5.65. The molecule has 18 heavy (non-hydrogen) atoms. The van der Waals surface area contributed by atoms with Crippen LogP contribution in [0.3, 0.4) is 0 Å². The van der Waals surface area contributed by atoms with Crippen LogP contribution in [0.4, 0.5) is 0 Å². The van der Waals surface area contributed by atoms with Crippen LogP contribution in [0.25, 0.3) is 0 Å². The Morgan fingerprint density at radius 1 is 1.00 bits per heavy atom. The van der Waals surface area contributed by atoms with Crippen molar-refractivity contribution in [3.63, 3.8) is 0 Å². The van der Waals surface area contributed by atoms with Gasteiger partial charge in [0.15, 0.2) is 0 Å². The molecule has 4 heteroatoms. The van der Waals surface area contributed by atoms with E-state index in [-0.39, 0.29) is 0 Å². The summed E-state index contributed by atoms with van der Waals surface area (Å²) in [7, 11) is 0. The largest absolute Gasteiger partial charge is 0.342 e. The van der Waals surface area contributed by atoms with E-state index in [0.717, 1.165) is 26.1 Å². The minimum atomic E-state index is 0.317. The molecule has 0 aromatic heterocycles. The van der Waals surface area contributed by atoms with Gasteiger partial charge in [-0.25, -0.2) is 0 Å². The molecule has 2 N–H and O–H groups in total. The Morgan fingerprint density at radius 3 is 2.33 bits per heavy atom. The Morgan fingerprint density at radius 2 is 1.67 bits per heavy atom. The number of rotatable bonds is 3. The fourth-order valence-electron chi connectivity index (χ4n) is 3.13. The molecule has 2 fully saturated rings. The lowest BCUT2D eigenvalue weighted by Crippen LogP contribution is -2.49. The number of hydrogen-bond donors (Lipinski definition) is 1. The maximum Gasteiger partial charge on any atom is 0.236 e. The van der Waals surface area contributed by atoms with Crippen molar-refractivity contribution in [2.75, 3.05) is 32.7 Å². The van der Waals surface area contributed by atoms with Crippen LogP contribution >= 0.6 is 0 Å². The van der Waals surface area contributed by atoms with Crippen LogP contribution in [0, 0.1) is 0 Å². The number of amides is 1. The average molecular weight is 253 g/mol. The van der Waals surface area contributed by atoms with E-state index in [1.165, 1.54) is 38.5 Å². The summed E-state index contributed by atoms with van der Waals surface area (Å²) in [6, 6.07) is 0.426. The lowest BCUT2D eigenvalue weighted by atomic mass is 10.0. The van der Waals surface area contributed by atoms with Crippen LogP contribution in [0.2, 0.25) is 0 Å². The van der Waals surface area contributed by atoms with Gasteiger partial charge in [-0.15, -0.1) is 0 Å². The third kappa shape index (κ3) is 3.69. The number of carbonyl (C=O) groups excluding carboxylic acids is 1. The number of hydrogen-bond acceptors (Lipinski definition) is 3. The van der Waals surface area contributed by atoms with Gasteiger partial charge in [0.25, 0.3) is 0 Å². The first-order valence-electron chi connectivity index (χ1n) is 7.53. The molecule has 2 aliphatic heterocycles. The fourth-order valence-corrected chi connectivity index (χ4v) is 3.13. The van der Waals surface area contributed by atoms with Crippen molar-refractivity contribution in [1.82, 2.24) is 9.80 Å². The Kier molecular flexibility index (Phi) is 5.45. The summed E-state index contributed by atoms with van der Waals surface area (Å²) in [6.07, 6.45) is 8.53. The van der Waals surface area contributed by atoms with Gasteiger partial charge in [0.05, 0.1) is 6.54 Å². The molecule has 2 rings (SSSR count). The predicted molar refractivity (Wildman–Crippen MR) is 73.3 cm³/mol. The highest BCUT2D eigenvalue weighted by Gasteiger charge is 2.25. The van der Waals surface area contributed by atoms with E-state index in [2.05, 4.69) is 9.80 Å². The summed E-state index contributed by atoms with van der Waals surface area (Å²) in [6.45, 7) is 4.23. The molecule has 2 aliphatic rings. The molecule has 0 aromatic carbocycles. The zero-order valence-electron chi connectivity index (χ0n) is 11.4. The van der Waals surface area contributed by atoms with Gasteiger partial charge in [0, 0.05) is 25.7 Å². The smallest absolute Gasteiger partial charge is 0.236 e. The first kappa shape index (κ1) is 13.8. The highest BCUT2D eigenvalue weighted by molar-refractivity contribution is 5.78. The third-order valence-corrected chi connectivity index (χ3v) is 4.32. The highest BCUT2D eigenvalue weighted by Crippen LogP contribution is 2.17. The molecule has 1 atom stereocenters. The van der Waals surface area contributed by atoms with E-state index in [0.29, 0.717) is 25.0 Å². The van der Waals surface area contributed by atoms with Crippen LogP contribution < -0.4 is 5.73 Å². The van der Waals surface area contributed by atoms with Gasteiger partial charge in [-0.05, 0) is 32.2 Å². The van der Waals surface area contributed by atoms with Crippen molar-refractivity contribution >= 4 is 5.91 Å². The second kappa shape index (κ2) is 7.10. The zero-order chi connectivity index (χ0) is 12.8. The van der Waals surface area contributed by atoms with Gasteiger partial charge in [0.2, 0.25) is 5.91 Å². The fraction of sp³-hybridized carbons (Fsp3) is 0.929. The van der Waals surface area contributed by atoms with Gasteiger partial charge in [-0.2, -0.15) is 0 Å². The molecule has 104 valence electrons. The topological polar surface area (TPSA) is 49.6 Å². The maximum atomic E-state index is 12.3. The average Bonchev–Trinajstić information content (AvgIpc) is 2.68. The Bertz CT molecular complexity index is 262. The first-order chi connectivity index (χ1) is 8.81. The molecule has 2 saturated heterocycles. The van der Waals surface area contributed by atoms with E-state index in [1.54, 1.807) is 0 Å². The second-order valence-corrected chi connectivity index (χ2v) is 5.65. The third-order valence-electron chi connectivity index (χ3n) is 4.32. The van der Waals surface area contributed by atoms with Gasteiger partial charge in [-0.1, -0.05) is 19.3 Å². The van der Waals surface area contributed by atoms with E-state index in [9.17, 15) is 4.79 Å². The minimum Gasteiger partial charge on any atom is -0.342 e. The van der Waals surface area contributed by atoms with Crippen LogP contribution in [0.1, 0.15) is 44.9 Å². The molecule has 2 heterocycles. The van der Waals surface area contributed by atoms with Crippen molar-refractivity contribution < 1.29 is 4.79 Å². The van der Waals surface area contributed by atoms with Crippen molar-refractivity contribution in [2.24, 2.45) is 5.73 Å². The van der Waals surface area contributed by atoms with Crippen LogP contribution in [-0.2, 0) is 4.79 Å². The summed E-state index contributed by atoms with van der Waals surface area (Å²) in [5.74, 6) is 0.317. The van der Waals surface area contributed by atoms with Crippen molar-refractivity contribution in [3.8, 4) is 0 Å². The Labute approximate surface area is 110 Å². The minimum absolute atomic E-state index is 0.317. The molecule has 0 radical (unpaired) electrons. The van der Waals surface area contributed by atoms with Gasteiger partial charge < -0.3 is 10.6 Å². The Balaban J connectivity index is 1.84. The van der Waals surface area contributed by atoms with E-state index >= 15 is 0 Å². The maximum absolute atomic E-state index is 12.3. The molecule has 4 nitrogen and oxygen atoms in total. The summed E-state index contributed by atoms with van der Waals surface area (Å²) >= 11 is 0. The molecule has 1 amide bonds. The van der Waals surface area contributed by atoms with Crippen molar-refractivity contribution in [3.05, 3.63) is 0 Å². The lowest BCUT2D eigenvalue weighted by Gasteiger charge is -2.35. The number of nitrogens with two attached hydrogens (primary N) is 1. The summed E-state index contributed by atoms with van der Waals surface area (Å²) in [4.78, 5) is 16.7. The number of nitrogens with zero attached hydrogens (tertiary/aromatic N) is 2. The van der Waals surface area contributed by atoms with E-state index in [1.807, 2.05) is 0 Å². The molecule has 0 aliphatic carbocycles. The molecule has 1 unspecified atom stereocenters. The lowest BCUT2D eigenvalue weighted by molar-refractivity contribution is -0.133. The molecule has 0 spiro atoms. The van der Waals surface area contributed by atoms with Gasteiger partial charge in [0.1, 0.15) is 0 Å². The van der Waals surface area contributed by atoms with Gasteiger partial charge >= 0.3 is 0 Å². The Hall–Kier alpha value is -0.610. The monoisotopic (exact) mass is 253 g/mol. The van der Waals surface area contributed by atoms with Crippen molar-refractivity contribution in [1.29, 1.82) is 0 Å². The first-order valence-corrected chi connectivity index (χ1v) is 7.53. The SMILES string of the molecule is NCC1CCCCN1CC(=O)N1CCCCCC1. The molecule has 0 aromatic rings. The summed E-state index contributed by atoms with van der Waals surface area (Å²) in [5, 5.41) is 0. The van der Waals surface area contributed by atoms with Crippen LogP contribution in [-0.4, -0.2) is 54.5 Å². The standard InChI is InChI=1S/C14H27N3O/c15-11-13-7-3-6-10-17(13)12-14(18)16-8-4-1-2-5-9-16/h13H,1-12,15H2. The number of carbonyl (C=O) groups is 1. The van der Waals surface area contributed by atoms with E-state index in [4.69, 9.17) is 5.73 Å². The molecular weight excluding hydrogens is 226 g/mol. The molecular formula is C14H27N3O. The number of piperidine rings is 1.